The molecule has 4 aliphatic rings. The predicted octanol–water partition coefficient (Wildman–Crippen LogP) is 7.27. The maximum Gasteiger partial charge on any atom is 0.411 e. The smallest absolute Gasteiger partial charge is 0.411 e. The van der Waals surface area contributed by atoms with Crippen LogP contribution in [-0.4, -0.2) is 109 Å². The fourth-order valence-electron chi connectivity index (χ4n) is 8.53. The Labute approximate surface area is 398 Å². The van der Waals surface area contributed by atoms with Gasteiger partial charge in [0.15, 0.2) is 53.1 Å². The number of halogens is 1. The molecule has 4 aromatic heterocycles. The number of carbonyl (C=O) groups is 4. The highest BCUT2D eigenvalue weighted by Crippen LogP contribution is 2.44. The number of nitrogens with one attached hydrogen (secondary N) is 1. The van der Waals surface area contributed by atoms with E-state index in [-0.39, 0.29) is 66.9 Å². The van der Waals surface area contributed by atoms with Gasteiger partial charge in [-0.3, -0.25) is 28.5 Å². The van der Waals surface area contributed by atoms with Crippen molar-refractivity contribution < 1.29 is 38.1 Å². The zero-order valence-electron chi connectivity index (χ0n) is 37.9. The Balaban J connectivity index is 0.000000179. The molecule has 20 nitrogen and oxygen atoms in total. The first kappa shape index (κ1) is 49.1. The van der Waals surface area contributed by atoms with Gasteiger partial charge in [-0.05, 0) is 35.6 Å². The van der Waals surface area contributed by atoms with E-state index in [1.165, 1.54) is 12.7 Å². The molecule has 8 heterocycles. The molecule has 8 atom stereocenters. The molecule has 3 amide bonds. The topological polar surface area (TPSA) is 237 Å². The number of nitrogen functional groups attached to an aromatic ring is 1. The van der Waals surface area contributed by atoms with Gasteiger partial charge in [0.05, 0.1) is 24.9 Å². The zero-order valence-corrected chi connectivity index (χ0v) is 38.6. The van der Waals surface area contributed by atoms with Crippen LogP contribution in [0.15, 0.2) is 86.0 Å². The summed E-state index contributed by atoms with van der Waals surface area (Å²) in [5.74, 6) is 0.267. The van der Waals surface area contributed by atoms with Crippen LogP contribution in [-0.2, 0) is 41.6 Å². The van der Waals surface area contributed by atoms with E-state index in [0.717, 1.165) is 24.0 Å². The van der Waals surface area contributed by atoms with Crippen LogP contribution in [0, 0.1) is 11.8 Å². The average molecular weight is 954 g/mol. The Morgan fingerprint density at radius 3 is 1.56 bits per heavy atom. The molecule has 0 bridgehead atoms. The van der Waals surface area contributed by atoms with Gasteiger partial charge in [0, 0.05) is 24.9 Å². The first-order valence-electron chi connectivity index (χ1n) is 22.2. The Morgan fingerprint density at radius 2 is 1.12 bits per heavy atom. The van der Waals surface area contributed by atoms with Crippen LogP contribution < -0.4 is 11.1 Å². The van der Waals surface area contributed by atoms with E-state index in [4.69, 9.17) is 36.3 Å². The number of fused-ring (bicyclic) bond motifs is 4. The Morgan fingerprint density at radius 1 is 0.676 bits per heavy atom. The molecular formula is C47H57ClN12O8. The van der Waals surface area contributed by atoms with Crippen LogP contribution in [0.4, 0.5) is 21.2 Å². The van der Waals surface area contributed by atoms with Crippen LogP contribution in [0.25, 0.3) is 22.3 Å². The van der Waals surface area contributed by atoms with Gasteiger partial charge < -0.3 is 30.0 Å². The molecular weight excluding hydrogens is 896 g/mol. The fraction of sp³-hybridized carbons (Fsp3) is 0.447. The van der Waals surface area contributed by atoms with Crippen molar-refractivity contribution in [1.82, 2.24) is 48.8 Å². The minimum Gasteiger partial charge on any atom is -0.439 e. The molecule has 10 rings (SSSR count). The van der Waals surface area contributed by atoms with E-state index in [1.807, 2.05) is 74.5 Å². The molecule has 0 spiro atoms. The molecule has 68 heavy (non-hydrogen) atoms. The van der Waals surface area contributed by atoms with Crippen LogP contribution in [0.2, 0.25) is 0 Å². The predicted molar refractivity (Wildman–Crippen MR) is 251 cm³/mol. The summed E-state index contributed by atoms with van der Waals surface area (Å²) in [5.41, 5.74) is 10.00. The highest BCUT2D eigenvalue weighted by atomic mass is 35.5. The second-order valence-corrected chi connectivity index (χ2v) is 17.5. The summed E-state index contributed by atoms with van der Waals surface area (Å²) in [5, 5.41) is 2.53. The van der Waals surface area contributed by atoms with E-state index in [2.05, 4.69) is 35.2 Å². The third-order valence-electron chi connectivity index (χ3n) is 12.0. The first-order chi connectivity index (χ1) is 32.3. The quantitative estimate of drug-likeness (QED) is 0.122. The summed E-state index contributed by atoms with van der Waals surface area (Å²) >= 11 is 4.97. The number of ether oxygens (including phenoxy) is 4. The number of aromatic nitrogens is 8. The molecule has 2 aromatic carbocycles. The van der Waals surface area contributed by atoms with Crippen molar-refractivity contribution in [2.75, 3.05) is 11.1 Å². The summed E-state index contributed by atoms with van der Waals surface area (Å²) < 4.78 is 27.8. The molecule has 0 unspecified atom stereocenters. The molecule has 4 fully saturated rings. The van der Waals surface area contributed by atoms with Crippen LogP contribution >= 0.6 is 11.6 Å². The lowest BCUT2D eigenvalue weighted by atomic mass is 10.0. The molecule has 6 aromatic rings. The number of nitrogens with zero attached hydrogens (tertiary/aromatic N) is 10. The lowest BCUT2D eigenvalue weighted by molar-refractivity contribution is -0.119. The van der Waals surface area contributed by atoms with Crippen molar-refractivity contribution in [3.63, 3.8) is 0 Å². The van der Waals surface area contributed by atoms with E-state index < -0.39 is 24.7 Å². The standard InChI is InChI=1S/C23H26N6O4.C19H20N6O3.C4H7ClO.CH4/c1-4-15-17-18(33-23(31)28(17)10-14-8-6-5-7-9-14)22(32-15)29-12-26-16-19(24-11-25-20(16)29)27-21(30)13(2)3;1-2-12-14-15(28-19(26)24(14)8-11-6-4-3-5-7-11)18(27-12)25-10-23-13-16(20)21-9-22-17(13)25;1-3(2)4(5)6;/h5-9,11-13,15,17-18,22H,4,10H2,1-3H3,(H,24,25,27,30);3-7,9-10,12,14-15,18H,2,8H2,1H3,(H2,20,21,22);3H,1-2H3;1H4/t15-,17-,18-,22-;12-,14-,15-,18-;;/m11../s1. The van der Waals surface area contributed by atoms with E-state index in [9.17, 15) is 19.2 Å². The highest BCUT2D eigenvalue weighted by Gasteiger charge is 2.58. The van der Waals surface area contributed by atoms with Crippen molar-refractivity contribution in [3.05, 3.63) is 97.1 Å². The third-order valence-corrected chi connectivity index (χ3v) is 12.4. The van der Waals surface area contributed by atoms with Gasteiger partial charge in [-0.25, -0.2) is 39.5 Å². The number of amides is 3. The van der Waals surface area contributed by atoms with Gasteiger partial charge in [-0.2, -0.15) is 0 Å². The number of imidazole rings is 2. The lowest BCUT2D eigenvalue weighted by Crippen LogP contribution is -2.41. The molecule has 0 aliphatic carbocycles. The molecule has 21 heteroatoms. The molecule has 360 valence electrons. The Kier molecular flexibility index (Phi) is 15.2. The van der Waals surface area contributed by atoms with Crippen molar-refractivity contribution in [2.45, 2.75) is 124 Å². The van der Waals surface area contributed by atoms with E-state index in [1.54, 1.807) is 59.3 Å². The van der Waals surface area contributed by atoms with Crippen LogP contribution in [0.1, 0.15) is 85.4 Å². The largest absolute Gasteiger partial charge is 0.439 e. The highest BCUT2D eigenvalue weighted by molar-refractivity contribution is 6.63. The number of rotatable bonds is 11. The van der Waals surface area contributed by atoms with Gasteiger partial charge in [-0.1, -0.05) is 110 Å². The van der Waals surface area contributed by atoms with Gasteiger partial charge in [0.2, 0.25) is 11.1 Å². The first-order valence-corrected chi connectivity index (χ1v) is 22.6. The van der Waals surface area contributed by atoms with Crippen molar-refractivity contribution in [3.8, 4) is 0 Å². The van der Waals surface area contributed by atoms with Crippen LogP contribution in [0.5, 0.6) is 0 Å². The van der Waals surface area contributed by atoms with Crippen molar-refractivity contribution in [1.29, 1.82) is 0 Å². The normalized spacial score (nSPS) is 23.6. The van der Waals surface area contributed by atoms with Gasteiger partial charge in [0.1, 0.15) is 30.3 Å². The van der Waals surface area contributed by atoms with Crippen molar-refractivity contribution >= 4 is 68.9 Å². The van der Waals surface area contributed by atoms with Gasteiger partial charge in [-0.15, -0.1) is 0 Å². The van der Waals surface area contributed by atoms with Crippen molar-refractivity contribution in [2.24, 2.45) is 11.8 Å². The zero-order chi connectivity index (χ0) is 47.5. The average Bonchev–Trinajstić information content (AvgIpc) is 4.18. The summed E-state index contributed by atoms with van der Waals surface area (Å²) in [7, 11) is 0. The van der Waals surface area contributed by atoms with Gasteiger partial charge >= 0.3 is 12.2 Å². The van der Waals surface area contributed by atoms with Crippen LogP contribution in [0.3, 0.4) is 0 Å². The Hall–Kier alpha value is -6.77. The summed E-state index contributed by atoms with van der Waals surface area (Å²) in [6.45, 7) is 12.1. The Bertz CT molecular complexity index is 2720. The maximum atomic E-state index is 12.8. The second-order valence-electron chi connectivity index (χ2n) is 17.1. The molecule has 4 aliphatic heterocycles. The molecule has 0 radical (unpaired) electrons. The maximum absolute atomic E-state index is 12.8. The van der Waals surface area contributed by atoms with Gasteiger partial charge in [0.25, 0.3) is 0 Å². The number of hydrogen-bond donors (Lipinski definition) is 2. The number of nitrogens with two attached hydrogens (primary N) is 1. The third kappa shape index (κ3) is 9.79. The minimum atomic E-state index is -0.585. The van der Waals surface area contributed by atoms with E-state index >= 15 is 0 Å². The molecule has 4 saturated heterocycles. The lowest BCUT2D eigenvalue weighted by Gasteiger charge is -2.24. The number of hydrogen-bond acceptors (Lipinski definition) is 15. The second kappa shape index (κ2) is 21.0. The van der Waals surface area contributed by atoms with E-state index in [0.29, 0.717) is 47.1 Å². The number of anilines is 2. The number of carbonyl (C=O) groups excluding carboxylic acids is 4. The summed E-state index contributed by atoms with van der Waals surface area (Å²) in [4.78, 5) is 76.7. The monoisotopic (exact) mass is 952 g/mol. The minimum absolute atomic E-state index is 0. The number of benzene rings is 2. The molecule has 3 N–H and O–H groups in total. The SMILES string of the molecule is C.CC(C)C(=O)Cl.CC[C@H]1O[C@@H](n2cnc3c(N)ncnc32)[C@@H]2OC(=O)N(Cc3ccccc3)[C@@H]21.CC[C@H]1O[C@@H](n2cnc3c(NC(=O)C(C)C)ncnc32)[C@@H]2OC(=O)N(Cc3ccccc3)[C@@H]21. The molecule has 0 saturated carbocycles. The summed E-state index contributed by atoms with van der Waals surface area (Å²) in [6, 6.07) is 19.3. The summed E-state index contributed by atoms with van der Waals surface area (Å²) in [6.07, 6.45) is 4.36. The fourth-order valence-corrected chi connectivity index (χ4v) is 8.53.